The van der Waals surface area contributed by atoms with Crippen LogP contribution in [0.25, 0.3) is 0 Å². The molecule has 0 aliphatic rings. The molecule has 0 heterocycles. The van der Waals surface area contributed by atoms with E-state index in [1.807, 2.05) is 0 Å². The maximum absolute atomic E-state index is 13.2. The molecule has 0 atom stereocenters. The number of benzene rings is 1. The summed E-state index contributed by atoms with van der Waals surface area (Å²) in [5.74, 6) is -0.656. The minimum Gasteiger partial charge on any atom is -0.322 e. The fourth-order valence-electron chi connectivity index (χ4n) is 1.31. The molecule has 0 unspecified atom stereocenters. The molecule has 4 heteroatoms. The predicted molar refractivity (Wildman–Crippen MR) is 67.4 cm³/mol. The molecule has 0 saturated carbocycles. The lowest BCUT2D eigenvalue weighted by Crippen LogP contribution is -2.34. The molecule has 0 aliphatic carbocycles. The highest BCUT2D eigenvalue weighted by atomic mass is 19.1. The monoisotopic (exact) mass is 238 g/mol. The van der Waals surface area contributed by atoms with Gasteiger partial charge in [0.05, 0.1) is 12.2 Å². The van der Waals surface area contributed by atoms with E-state index in [0.29, 0.717) is 0 Å². The van der Waals surface area contributed by atoms with Crippen LogP contribution in [0.15, 0.2) is 24.3 Å². The smallest absolute Gasteiger partial charge is 0.238 e. The number of rotatable bonds is 4. The summed E-state index contributed by atoms with van der Waals surface area (Å²) in [7, 11) is 0. The summed E-state index contributed by atoms with van der Waals surface area (Å²) < 4.78 is 13.2. The first-order chi connectivity index (χ1) is 7.88. The van der Waals surface area contributed by atoms with Gasteiger partial charge in [-0.2, -0.15) is 0 Å². The number of anilines is 1. The van der Waals surface area contributed by atoms with Gasteiger partial charge in [0.1, 0.15) is 5.82 Å². The molecule has 94 valence electrons. The van der Waals surface area contributed by atoms with Crippen LogP contribution in [0.5, 0.6) is 0 Å². The molecule has 1 rings (SSSR count). The molecular formula is C13H19FN2O. The van der Waals surface area contributed by atoms with E-state index >= 15 is 0 Å². The second kappa shape index (κ2) is 5.77. The summed E-state index contributed by atoms with van der Waals surface area (Å²) >= 11 is 0. The molecule has 0 fully saturated rings. The second-order valence-corrected chi connectivity index (χ2v) is 5.19. The summed E-state index contributed by atoms with van der Waals surface area (Å²) in [6, 6.07) is 6.12. The fourth-order valence-corrected chi connectivity index (χ4v) is 1.31. The Balaban J connectivity index is 2.38. The molecule has 0 aromatic heterocycles. The Labute approximate surface area is 101 Å². The molecule has 2 N–H and O–H groups in total. The number of nitrogens with one attached hydrogen (secondary N) is 2. The van der Waals surface area contributed by atoms with Crippen molar-refractivity contribution in [1.29, 1.82) is 0 Å². The highest BCUT2D eigenvalue weighted by molar-refractivity contribution is 5.92. The van der Waals surface area contributed by atoms with Gasteiger partial charge in [-0.1, -0.05) is 32.9 Å². The van der Waals surface area contributed by atoms with Crippen LogP contribution in [0.2, 0.25) is 0 Å². The summed E-state index contributed by atoms with van der Waals surface area (Å²) in [6.45, 7) is 7.15. The van der Waals surface area contributed by atoms with Crippen molar-refractivity contribution in [3.05, 3.63) is 30.1 Å². The average Bonchev–Trinajstić information content (AvgIpc) is 2.19. The van der Waals surface area contributed by atoms with Crippen molar-refractivity contribution in [3.8, 4) is 0 Å². The predicted octanol–water partition coefficient (Wildman–Crippen LogP) is 2.40. The zero-order valence-electron chi connectivity index (χ0n) is 10.5. The van der Waals surface area contributed by atoms with Gasteiger partial charge in [0.25, 0.3) is 0 Å². The largest absolute Gasteiger partial charge is 0.322 e. The van der Waals surface area contributed by atoms with Crippen LogP contribution in [0.1, 0.15) is 20.8 Å². The molecule has 3 nitrogen and oxygen atoms in total. The highest BCUT2D eigenvalue weighted by Crippen LogP contribution is 2.12. The molecule has 0 aliphatic heterocycles. The molecule has 0 radical (unpaired) electrons. The maximum atomic E-state index is 13.2. The van der Waals surface area contributed by atoms with Gasteiger partial charge in [-0.15, -0.1) is 0 Å². The Morgan fingerprint density at radius 2 is 1.94 bits per heavy atom. The maximum Gasteiger partial charge on any atom is 0.238 e. The van der Waals surface area contributed by atoms with Crippen molar-refractivity contribution < 1.29 is 9.18 Å². The fraction of sp³-hybridized carbons (Fsp3) is 0.462. The van der Waals surface area contributed by atoms with E-state index < -0.39 is 5.82 Å². The van der Waals surface area contributed by atoms with Crippen LogP contribution in [0.4, 0.5) is 10.1 Å². The van der Waals surface area contributed by atoms with Crippen LogP contribution in [0, 0.1) is 11.2 Å². The molecule has 1 aromatic rings. The number of hydrogen-bond donors (Lipinski definition) is 2. The van der Waals surface area contributed by atoms with Gasteiger partial charge in [-0.05, 0) is 17.5 Å². The molecule has 17 heavy (non-hydrogen) atoms. The third kappa shape index (κ3) is 5.45. The number of hydrogen-bond acceptors (Lipinski definition) is 2. The van der Waals surface area contributed by atoms with Gasteiger partial charge >= 0.3 is 0 Å². The van der Waals surface area contributed by atoms with Crippen molar-refractivity contribution in [2.45, 2.75) is 20.8 Å². The third-order valence-electron chi connectivity index (χ3n) is 2.09. The van der Waals surface area contributed by atoms with Crippen molar-refractivity contribution in [2.75, 3.05) is 18.4 Å². The second-order valence-electron chi connectivity index (χ2n) is 5.19. The van der Waals surface area contributed by atoms with Crippen molar-refractivity contribution in [1.82, 2.24) is 5.32 Å². The van der Waals surface area contributed by atoms with Gasteiger partial charge in [0.2, 0.25) is 5.91 Å². The third-order valence-corrected chi connectivity index (χ3v) is 2.09. The van der Waals surface area contributed by atoms with E-state index in [-0.39, 0.29) is 23.6 Å². The van der Waals surface area contributed by atoms with Gasteiger partial charge in [-0.3, -0.25) is 4.79 Å². The van der Waals surface area contributed by atoms with Crippen LogP contribution in [-0.4, -0.2) is 19.0 Å². The Bertz CT molecular complexity index is 385. The Kier molecular flexibility index (Phi) is 4.63. The van der Waals surface area contributed by atoms with E-state index in [1.54, 1.807) is 12.1 Å². The Hall–Kier alpha value is -1.42. The van der Waals surface area contributed by atoms with Crippen molar-refractivity contribution >= 4 is 11.6 Å². The van der Waals surface area contributed by atoms with Crippen LogP contribution in [0.3, 0.4) is 0 Å². The number of para-hydroxylation sites is 1. The minimum atomic E-state index is -0.420. The lowest BCUT2D eigenvalue weighted by molar-refractivity contribution is -0.115. The average molecular weight is 238 g/mol. The topological polar surface area (TPSA) is 41.1 Å². The first kappa shape index (κ1) is 13.6. The van der Waals surface area contributed by atoms with E-state index in [4.69, 9.17) is 0 Å². The summed E-state index contributed by atoms with van der Waals surface area (Å²) in [6.07, 6.45) is 0. The number of carbonyl (C=O) groups is 1. The van der Waals surface area contributed by atoms with E-state index in [0.717, 1.165) is 6.54 Å². The molecular weight excluding hydrogens is 219 g/mol. The van der Waals surface area contributed by atoms with Gasteiger partial charge in [0, 0.05) is 6.54 Å². The quantitative estimate of drug-likeness (QED) is 0.845. The number of carbonyl (C=O) groups excluding carboxylic acids is 1. The molecule has 0 saturated heterocycles. The van der Waals surface area contributed by atoms with E-state index in [9.17, 15) is 9.18 Å². The van der Waals surface area contributed by atoms with Crippen LogP contribution >= 0.6 is 0 Å². The lowest BCUT2D eigenvalue weighted by Gasteiger charge is -2.18. The SMILES string of the molecule is CC(C)(C)CNCC(=O)Nc1ccccc1F. The van der Waals surface area contributed by atoms with E-state index in [2.05, 4.69) is 31.4 Å². The van der Waals surface area contributed by atoms with Crippen molar-refractivity contribution in [3.63, 3.8) is 0 Å². The lowest BCUT2D eigenvalue weighted by atomic mass is 9.97. The summed E-state index contributed by atoms with van der Waals surface area (Å²) in [5.41, 5.74) is 0.341. The van der Waals surface area contributed by atoms with Gasteiger partial charge < -0.3 is 10.6 Å². The van der Waals surface area contributed by atoms with Gasteiger partial charge in [-0.25, -0.2) is 4.39 Å². The Morgan fingerprint density at radius 1 is 1.29 bits per heavy atom. The minimum absolute atomic E-state index is 0.123. The summed E-state index contributed by atoms with van der Waals surface area (Å²) in [5, 5.41) is 5.55. The molecule has 0 bridgehead atoms. The molecule has 0 spiro atoms. The van der Waals surface area contributed by atoms with Crippen LogP contribution < -0.4 is 10.6 Å². The van der Waals surface area contributed by atoms with Crippen molar-refractivity contribution in [2.24, 2.45) is 5.41 Å². The van der Waals surface area contributed by atoms with E-state index in [1.165, 1.54) is 12.1 Å². The summed E-state index contributed by atoms with van der Waals surface area (Å²) in [4.78, 5) is 11.5. The molecule has 1 amide bonds. The highest BCUT2D eigenvalue weighted by Gasteiger charge is 2.11. The number of halogens is 1. The first-order valence-electron chi connectivity index (χ1n) is 5.63. The normalized spacial score (nSPS) is 11.3. The Morgan fingerprint density at radius 3 is 2.53 bits per heavy atom. The zero-order chi connectivity index (χ0) is 12.9. The first-order valence-corrected chi connectivity index (χ1v) is 5.63. The number of amides is 1. The van der Waals surface area contributed by atoms with Crippen LogP contribution in [-0.2, 0) is 4.79 Å². The zero-order valence-corrected chi connectivity index (χ0v) is 10.5. The molecule has 1 aromatic carbocycles. The van der Waals surface area contributed by atoms with Gasteiger partial charge in [0.15, 0.2) is 0 Å². The standard InChI is InChI=1S/C13H19FN2O/c1-13(2,3)9-15-8-12(17)16-11-7-5-4-6-10(11)14/h4-7,15H,8-9H2,1-3H3,(H,16,17).